The zero-order valence-electron chi connectivity index (χ0n) is 14.1. The molecule has 0 atom stereocenters. The van der Waals surface area contributed by atoms with Crippen molar-refractivity contribution in [2.75, 3.05) is 6.61 Å². The van der Waals surface area contributed by atoms with E-state index in [1.165, 1.54) is 6.33 Å². The smallest absolute Gasteiger partial charge is 0.374 e. The largest absolute Gasteiger partial charge is 0.472 e. The molecule has 0 aliphatic rings. The van der Waals surface area contributed by atoms with Crippen molar-refractivity contribution in [2.24, 2.45) is 0 Å². The summed E-state index contributed by atoms with van der Waals surface area (Å²) >= 11 is 0. The number of aromatic nitrogens is 2. The Balaban J connectivity index is 1.72. The van der Waals surface area contributed by atoms with E-state index in [4.69, 9.17) is 13.9 Å². The molecule has 2 aromatic heterocycles. The summed E-state index contributed by atoms with van der Waals surface area (Å²) in [7, 11) is 0. The van der Waals surface area contributed by atoms with E-state index in [9.17, 15) is 4.79 Å². The molecule has 0 aliphatic heterocycles. The Bertz CT molecular complexity index is 1080. The molecule has 6 nitrogen and oxygen atoms in total. The fourth-order valence-electron chi connectivity index (χ4n) is 2.84. The topological polar surface area (TPSA) is 74.5 Å². The minimum absolute atomic E-state index is 0.131. The van der Waals surface area contributed by atoms with Crippen LogP contribution in [0.4, 0.5) is 0 Å². The highest BCUT2D eigenvalue weighted by molar-refractivity contribution is 5.96. The van der Waals surface area contributed by atoms with E-state index in [1.807, 2.05) is 48.5 Å². The minimum atomic E-state index is -0.505. The lowest BCUT2D eigenvalue weighted by atomic mass is 10.1. The Hall–Kier alpha value is -3.41. The second-order valence-corrected chi connectivity index (χ2v) is 5.61. The fourth-order valence-corrected chi connectivity index (χ4v) is 2.84. The van der Waals surface area contributed by atoms with Gasteiger partial charge in [0.15, 0.2) is 0 Å². The number of hydrogen-bond donors (Lipinski definition) is 0. The highest BCUT2D eigenvalue weighted by Gasteiger charge is 2.22. The average molecular weight is 348 g/mol. The predicted molar refractivity (Wildman–Crippen MR) is 96.0 cm³/mol. The highest BCUT2D eigenvalue weighted by atomic mass is 16.5. The van der Waals surface area contributed by atoms with E-state index >= 15 is 0 Å². The zero-order valence-corrected chi connectivity index (χ0v) is 14.1. The van der Waals surface area contributed by atoms with Gasteiger partial charge in [-0.2, -0.15) is 0 Å². The molecule has 0 spiro atoms. The van der Waals surface area contributed by atoms with Gasteiger partial charge in [-0.1, -0.05) is 30.3 Å². The Morgan fingerprint density at radius 3 is 2.65 bits per heavy atom. The van der Waals surface area contributed by atoms with Gasteiger partial charge in [-0.15, -0.1) is 0 Å². The molecule has 26 heavy (non-hydrogen) atoms. The second kappa shape index (κ2) is 6.84. The van der Waals surface area contributed by atoms with Crippen LogP contribution in [0.25, 0.3) is 21.9 Å². The number of esters is 1. The van der Waals surface area contributed by atoms with Crippen LogP contribution < -0.4 is 4.74 Å². The maximum atomic E-state index is 12.3. The molecule has 0 saturated heterocycles. The molecule has 6 heteroatoms. The van der Waals surface area contributed by atoms with E-state index < -0.39 is 5.97 Å². The number of rotatable bonds is 5. The molecule has 0 unspecified atom stereocenters. The molecule has 2 heterocycles. The van der Waals surface area contributed by atoms with Gasteiger partial charge in [0.1, 0.15) is 18.5 Å². The molecule has 0 radical (unpaired) electrons. The molecule has 0 aliphatic carbocycles. The summed E-state index contributed by atoms with van der Waals surface area (Å²) in [6.07, 6.45) is 1.46. The van der Waals surface area contributed by atoms with Crippen LogP contribution in [-0.4, -0.2) is 22.5 Å². The summed E-state index contributed by atoms with van der Waals surface area (Å²) in [5.41, 5.74) is 2.05. The number of para-hydroxylation sites is 2. The number of fused-ring (bicyclic) bond motifs is 2. The van der Waals surface area contributed by atoms with Crippen LogP contribution in [0.5, 0.6) is 5.88 Å². The van der Waals surface area contributed by atoms with Crippen LogP contribution >= 0.6 is 0 Å². The van der Waals surface area contributed by atoms with E-state index in [2.05, 4.69) is 9.97 Å². The SMILES string of the molecule is CCOC(=O)c1oc2ccccc2c1COc1ncnc2ccccc12. The van der Waals surface area contributed by atoms with Crippen molar-refractivity contribution < 1.29 is 18.7 Å². The second-order valence-electron chi connectivity index (χ2n) is 5.61. The lowest BCUT2D eigenvalue weighted by molar-refractivity contribution is 0.0488. The zero-order chi connectivity index (χ0) is 17.9. The van der Waals surface area contributed by atoms with E-state index in [0.717, 1.165) is 16.3 Å². The van der Waals surface area contributed by atoms with Crippen LogP contribution in [0.15, 0.2) is 59.3 Å². The van der Waals surface area contributed by atoms with Gasteiger partial charge in [0.05, 0.1) is 23.1 Å². The fraction of sp³-hybridized carbons (Fsp3) is 0.150. The highest BCUT2D eigenvalue weighted by Crippen LogP contribution is 2.29. The molecule has 4 rings (SSSR count). The lowest BCUT2D eigenvalue weighted by Gasteiger charge is -2.08. The molecule has 0 bridgehead atoms. The van der Waals surface area contributed by atoms with Gasteiger partial charge >= 0.3 is 5.97 Å². The van der Waals surface area contributed by atoms with Crippen molar-refractivity contribution in [1.29, 1.82) is 0 Å². The molecule has 0 N–H and O–H groups in total. The molecule has 0 saturated carbocycles. The summed E-state index contributed by atoms with van der Waals surface area (Å²) in [6, 6.07) is 15.0. The number of carbonyl (C=O) groups excluding carboxylic acids is 1. The van der Waals surface area contributed by atoms with Crippen LogP contribution in [0.2, 0.25) is 0 Å². The quantitative estimate of drug-likeness (QED) is 0.505. The van der Waals surface area contributed by atoms with Crippen LogP contribution in [0.3, 0.4) is 0 Å². The van der Waals surface area contributed by atoms with Gasteiger partial charge in [0.2, 0.25) is 11.6 Å². The maximum absolute atomic E-state index is 12.3. The first-order chi connectivity index (χ1) is 12.8. The number of ether oxygens (including phenoxy) is 2. The molecule has 0 amide bonds. The van der Waals surface area contributed by atoms with Crippen LogP contribution in [0.1, 0.15) is 23.0 Å². The van der Waals surface area contributed by atoms with E-state index in [-0.39, 0.29) is 19.0 Å². The lowest BCUT2D eigenvalue weighted by Crippen LogP contribution is -2.08. The van der Waals surface area contributed by atoms with Crippen molar-refractivity contribution in [3.05, 3.63) is 66.2 Å². The van der Waals surface area contributed by atoms with Gasteiger partial charge in [0.25, 0.3) is 0 Å². The third-order valence-corrected chi connectivity index (χ3v) is 4.02. The number of hydrogen-bond acceptors (Lipinski definition) is 6. The monoisotopic (exact) mass is 348 g/mol. The summed E-state index contributed by atoms with van der Waals surface area (Å²) in [6.45, 7) is 2.16. The van der Waals surface area contributed by atoms with E-state index in [1.54, 1.807) is 6.92 Å². The number of carbonyl (C=O) groups is 1. The third kappa shape index (κ3) is 2.86. The minimum Gasteiger partial charge on any atom is -0.472 e. The van der Waals surface area contributed by atoms with Gasteiger partial charge in [-0.3, -0.25) is 0 Å². The molecule has 2 aromatic carbocycles. The summed E-state index contributed by atoms with van der Waals surface area (Å²) in [5.74, 6) is 0.108. The van der Waals surface area contributed by atoms with E-state index in [0.29, 0.717) is 17.0 Å². The Labute approximate surface area is 149 Å². The van der Waals surface area contributed by atoms with Crippen molar-refractivity contribution in [2.45, 2.75) is 13.5 Å². The van der Waals surface area contributed by atoms with Gasteiger partial charge in [-0.05, 0) is 25.1 Å². The van der Waals surface area contributed by atoms with Gasteiger partial charge < -0.3 is 13.9 Å². The summed E-state index contributed by atoms with van der Waals surface area (Å²) in [4.78, 5) is 20.7. The first kappa shape index (κ1) is 16.1. The first-order valence-electron chi connectivity index (χ1n) is 8.28. The van der Waals surface area contributed by atoms with Crippen molar-refractivity contribution >= 4 is 27.8 Å². The molecule has 0 fully saturated rings. The Kier molecular flexibility index (Phi) is 4.23. The number of benzene rings is 2. The summed E-state index contributed by atoms with van der Waals surface area (Å²) < 4.78 is 16.7. The maximum Gasteiger partial charge on any atom is 0.374 e. The molecular weight excluding hydrogens is 332 g/mol. The van der Waals surface area contributed by atoms with Gasteiger partial charge in [-0.25, -0.2) is 14.8 Å². The Morgan fingerprint density at radius 1 is 1.04 bits per heavy atom. The Morgan fingerprint density at radius 2 is 1.81 bits per heavy atom. The summed E-state index contributed by atoms with van der Waals surface area (Å²) in [5, 5.41) is 1.62. The predicted octanol–water partition coefficient (Wildman–Crippen LogP) is 4.13. The normalized spacial score (nSPS) is 11.0. The van der Waals surface area contributed by atoms with Gasteiger partial charge in [0, 0.05) is 5.39 Å². The van der Waals surface area contributed by atoms with Crippen molar-refractivity contribution in [3.8, 4) is 5.88 Å². The third-order valence-electron chi connectivity index (χ3n) is 4.02. The van der Waals surface area contributed by atoms with Crippen LogP contribution in [0, 0.1) is 0 Å². The van der Waals surface area contributed by atoms with Crippen LogP contribution in [-0.2, 0) is 11.3 Å². The number of nitrogens with zero attached hydrogens (tertiary/aromatic N) is 2. The average Bonchev–Trinajstić information content (AvgIpc) is 3.05. The van der Waals surface area contributed by atoms with Crippen molar-refractivity contribution in [3.63, 3.8) is 0 Å². The molecule has 130 valence electrons. The first-order valence-corrected chi connectivity index (χ1v) is 8.28. The number of furan rings is 1. The molecule has 4 aromatic rings. The van der Waals surface area contributed by atoms with Crippen molar-refractivity contribution in [1.82, 2.24) is 9.97 Å². The standard InChI is InChI=1S/C20H16N2O4/c1-2-24-20(23)18-15(13-7-4-6-10-17(13)26-18)11-25-19-14-8-3-5-9-16(14)21-12-22-19/h3-10,12H,2,11H2,1H3. The molecular formula is C20H16N2O4.